The van der Waals surface area contributed by atoms with E-state index in [1.807, 2.05) is 19.1 Å². The Morgan fingerprint density at radius 2 is 2.15 bits per heavy atom. The van der Waals surface area contributed by atoms with E-state index in [4.69, 9.17) is 4.74 Å². The van der Waals surface area contributed by atoms with Crippen molar-refractivity contribution in [3.8, 4) is 0 Å². The fourth-order valence-corrected chi connectivity index (χ4v) is 0.830. The third-order valence-corrected chi connectivity index (χ3v) is 1.83. The van der Waals surface area contributed by atoms with E-state index in [0.29, 0.717) is 12.5 Å². The predicted molar refractivity (Wildman–Crippen MR) is 58.5 cm³/mol. The molecule has 0 rings (SSSR count). The summed E-state index contributed by atoms with van der Waals surface area (Å²) in [5.41, 5.74) is 0. The SMILES string of the molecule is C=C/C=C(\C=C/C(C)CC)OCC. The van der Waals surface area contributed by atoms with Crippen molar-refractivity contribution in [1.82, 2.24) is 0 Å². The van der Waals surface area contributed by atoms with Crippen LogP contribution in [0, 0.1) is 5.92 Å². The van der Waals surface area contributed by atoms with Gasteiger partial charge in [0.2, 0.25) is 0 Å². The lowest BCUT2D eigenvalue weighted by molar-refractivity contribution is 0.242. The quantitative estimate of drug-likeness (QED) is 0.447. The summed E-state index contributed by atoms with van der Waals surface area (Å²) in [5, 5.41) is 0. The molecule has 0 aliphatic heterocycles. The first-order valence-electron chi connectivity index (χ1n) is 4.88. The zero-order valence-electron chi connectivity index (χ0n) is 8.92. The summed E-state index contributed by atoms with van der Waals surface area (Å²) >= 11 is 0. The molecule has 13 heavy (non-hydrogen) atoms. The summed E-state index contributed by atoms with van der Waals surface area (Å²) in [6.45, 7) is 10.7. The van der Waals surface area contributed by atoms with Gasteiger partial charge in [0.1, 0.15) is 5.76 Å². The van der Waals surface area contributed by atoms with Crippen molar-refractivity contribution >= 4 is 0 Å². The molecule has 0 amide bonds. The average Bonchev–Trinajstić information content (AvgIpc) is 2.14. The lowest BCUT2D eigenvalue weighted by Gasteiger charge is -2.04. The minimum absolute atomic E-state index is 0.605. The van der Waals surface area contributed by atoms with E-state index in [9.17, 15) is 0 Å². The first-order chi connectivity index (χ1) is 6.24. The van der Waals surface area contributed by atoms with Crippen LogP contribution < -0.4 is 0 Å². The summed E-state index contributed by atoms with van der Waals surface area (Å²) in [6.07, 6.45) is 8.95. The van der Waals surface area contributed by atoms with Crippen LogP contribution in [-0.2, 0) is 4.74 Å². The van der Waals surface area contributed by atoms with Gasteiger partial charge in [0.05, 0.1) is 6.61 Å². The average molecular weight is 180 g/mol. The molecule has 1 atom stereocenters. The molecule has 0 heterocycles. The van der Waals surface area contributed by atoms with Crippen molar-refractivity contribution in [2.75, 3.05) is 6.61 Å². The predicted octanol–water partition coefficient (Wildman–Crippen LogP) is 3.70. The van der Waals surface area contributed by atoms with Crippen molar-refractivity contribution in [1.29, 1.82) is 0 Å². The van der Waals surface area contributed by atoms with Gasteiger partial charge in [-0.15, -0.1) is 0 Å². The van der Waals surface area contributed by atoms with Crippen LogP contribution in [0.5, 0.6) is 0 Å². The molecule has 74 valence electrons. The number of hydrogen-bond acceptors (Lipinski definition) is 1. The van der Waals surface area contributed by atoms with Crippen LogP contribution in [0.3, 0.4) is 0 Å². The normalized spacial score (nSPS) is 14.5. The van der Waals surface area contributed by atoms with Crippen LogP contribution in [0.4, 0.5) is 0 Å². The molecule has 1 unspecified atom stereocenters. The maximum absolute atomic E-state index is 5.38. The fraction of sp³-hybridized carbons (Fsp3) is 0.500. The topological polar surface area (TPSA) is 9.23 Å². The van der Waals surface area contributed by atoms with Gasteiger partial charge in [-0.25, -0.2) is 0 Å². The lowest BCUT2D eigenvalue weighted by atomic mass is 10.1. The molecule has 0 aromatic carbocycles. The molecule has 0 aliphatic rings. The summed E-state index contributed by atoms with van der Waals surface area (Å²) in [4.78, 5) is 0. The minimum Gasteiger partial charge on any atom is -0.494 e. The third kappa shape index (κ3) is 6.21. The van der Waals surface area contributed by atoms with Crippen molar-refractivity contribution < 1.29 is 4.74 Å². The monoisotopic (exact) mass is 180 g/mol. The Hall–Kier alpha value is -0.980. The molecular formula is C12H20O. The second-order valence-corrected chi connectivity index (χ2v) is 2.98. The Kier molecular flexibility index (Phi) is 7.08. The van der Waals surface area contributed by atoms with Crippen LogP contribution in [0.25, 0.3) is 0 Å². The molecule has 0 saturated carbocycles. The van der Waals surface area contributed by atoms with E-state index in [1.165, 1.54) is 0 Å². The van der Waals surface area contributed by atoms with Crippen LogP contribution in [0.2, 0.25) is 0 Å². The van der Waals surface area contributed by atoms with Crippen molar-refractivity contribution in [2.24, 2.45) is 5.92 Å². The van der Waals surface area contributed by atoms with Crippen molar-refractivity contribution in [3.05, 3.63) is 36.6 Å². The van der Waals surface area contributed by atoms with Gasteiger partial charge in [0, 0.05) is 0 Å². The Balaban J connectivity index is 4.16. The highest BCUT2D eigenvalue weighted by Gasteiger charge is 1.93. The molecule has 1 heteroatoms. The smallest absolute Gasteiger partial charge is 0.118 e. The van der Waals surface area contributed by atoms with Gasteiger partial charge in [-0.1, -0.05) is 39.0 Å². The molecule has 0 N–H and O–H groups in total. The molecule has 0 aromatic rings. The summed E-state index contributed by atoms with van der Waals surface area (Å²) < 4.78 is 5.38. The Morgan fingerprint density at radius 3 is 2.62 bits per heavy atom. The van der Waals surface area contributed by atoms with Crippen LogP contribution in [0.1, 0.15) is 27.2 Å². The maximum atomic E-state index is 5.38. The van der Waals surface area contributed by atoms with E-state index in [0.717, 1.165) is 12.2 Å². The first kappa shape index (κ1) is 12.0. The first-order valence-corrected chi connectivity index (χ1v) is 4.88. The standard InChI is InChI=1S/C12H20O/c1-5-8-12(13-7-3)10-9-11(4)6-2/h5,8-11H,1,6-7H2,2-4H3/b10-9-,12-8+. The Labute approximate surface area is 81.8 Å². The van der Waals surface area contributed by atoms with E-state index in [2.05, 4.69) is 26.5 Å². The number of rotatable bonds is 6. The Morgan fingerprint density at radius 1 is 1.46 bits per heavy atom. The van der Waals surface area contributed by atoms with E-state index < -0.39 is 0 Å². The molecule has 1 nitrogen and oxygen atoms in total. The number of allylic oxidation sites excluding steroid dienone is 4. The second kappa shape index (κ2) is 7.66. The van der Waals surface area contributed by atoms with Crippen LogP contribution in [-0.4, -0.2) is 6.61 Å². The highest BCUT2D eigenvalue weighted by Crippen LogP contribution is 2.06. The van der Waals surface area contributed by atoms with Gasteiger partial charge < -0.3 is 4.74 Å². The molecule has 0 radical (unpaired) electrons. The molecule has 0 spiro atoms. The molecule has 0 bridgehead atoms. The summed E-state index contributed by atoms with van der Waals surface area (Å²) in [7, 11) is 0. The minimum atomic E-state index is 0.605. The highest BCUT2D eigenvalue weighted by atomic mass is 16.5. The zero-order valence-corrected chi connectivity index (χ0v) is 8.92. The molecule has 0 fully saturated rings. The van der Waals surface area contributed by atoms with E-state index >= 15 is 0 Å². The number of hydrogen-bond donors (Lipinski definition) is 0. The van der Waals surface area contributed by atoms with Gasteiger partial charge in [0.25, 0.3) is 0 Å². The van der Waals surface area contributed by atoms with E-state index in [1.54, 1.807) is 6.08 Å². The third-order valence-electron chi connectivity index (χ3n) is 1.83. The highest BCUT2D eigenvalue weighted by molar-refractivity contribution is 5.17. The molecule has 0 aliphatic carbocycles. The van der Waals surface area contributed by atoms with Crippen LogP contribution in [0.15, 0.2) is 36.6 Å². The maximum Gasteiger partial charge on any atom is 0.118 e. The second-order valence-electron chi connectivity index (χ2n) is 2.98. The van der Waals surface area contributed by atoms with Gasteiger partial charge in [-0.2, -0.15) is 0 Å². The molecule has 0 aromatic heterocycles. The van der Waals surface area contributed by atoms with E-state index in [-0.39, 0.29) is 0 Å². The van der Waals surface area contributed by atoms with Gasteiger partial charge in [0.15, 0.2) is 0 Å². The zero-order chi connectivity index (χ0) is 10.1. The van der Waals surface area contributed by atoms with Crippen LogP contribution >= 0.6 is 0 Å². The molecule has 0 saturated heterocycles. The largest absolute Gasteiger partial charge is 0.494 e. The number of ether oxygens (including phenoxy) is 1. The fourth-order valence-electron chi connectivity index (χ4n) is 0.830. The van der Waals surface area contributed by atoms with Crippen molar-refractivity contribution in [2.45, 2.75) is 27.2 Å². The Bertz CT molecular complexity index is 189. The van der Waals surface area contributed by atoms with Gasteiger partial charge in [-0.05, 0) is 25.0 Å². The van der Waals surface area contributed by atoms with Crippen molar-refractivity contribution in [3.63, 3.8) is 0 Å². The molecular weight excluding hydrogens is 160 g/mol. The lowest BCUT2D eigenvalue weighted by Crippen LogP contribution is -1.90. The summed E-state index contributed by atoms with van der Waals surface area (Å²) in [5.74, 6) is 1.49. The van der Waals surface area contributed by atoms with Gasteiger partial charge >= 0.3 is 0 Å². The summed E-state index contributed by atoms with van der Waals surface area (Å²) in [6, 6.07) is 0. The van der Waals surface area contributed by atoms with Gasteiger partial charge in [-0.3, -0.25) is 0 Å².